The summed E-state index contributed by atoms with van der Waals surface area (Å²) in [6.45, 7) is 0.313. The first kappa shape index (κ1) is 14.3. The topological polar surface area (TPSA) is 86.7 Å². The van der Waals surface area contributed by atoms with E-state index >= 15 is 0 Å². The Kier molecular flexibility index (Phi) is 3.77. The second-order valence-electron chi connectivity index (χ2n) is 6.36. The molecule has 0 aromatic rings. The SMILES string of the molecule is O=C(O)C1CCCCN1S(=O)(=O)NC1CC2CCC1C2. The Morgan fingerprint density at radius 3 is 2.55 bits per heavy atom. The summed E-state index contributed by atoms with van der Waals surface area (Å²) in [5.74, 6) is 0.0650. The number of nitrogens with one attached hydrogen (secondary N) is 1. The fourth-order valence-corrected chi connectivity index (χ4v) is 5.79. The van der Waals surface area contributed by atoms with Gasteiger partial charge < -0.3 is 5.11 Å². The molecule has 3 rings (SSSR count). The molecule has 114 valence electrons. The highest BCUT2D eigenvalue weighted by Crippen LogP contribution is 2.44. The van der Waals surface area contributed by atoms with Crippen molar-refractivity contribution in [2.45, 2.75) is 57.0 Å². The van der Waals surface area contributed by atoms with Gasteiger partial charge in [-0.2, -0.15) is 17.4 Å². The summed E-state index contributed by atoms with van der Waals surface area (Å²) in [6, 6.07) is -0.894. The van der Waals surface area contributed by atoms with Crippen molar-refractivity contribution in [3.63, 3.8) is 0 Å². The number of carboxylic acids is 1. The average molecular weight is 302 g/mol. The first-order chi connectivity index (χ1) is 9.47. The van der Waals surface area contributed by atoms with Gasteiger partial charge in [-0.3, -0.25) is 4.79 Å². The summed E-state index contributed by atoms with van der Waals surface area (Å²) < 4.78 is 28.9. The lowest BCUT2D eigenvalue weighted by Gasteiger charge is -2.34. The van der Waals surface area contributed by atoms with Crippen molar-refractivity contribution in [2.75, 3.05) is 6.54 Å². The normalized spacial score (nSPS) is 38.2. The molecule has 0 amide bonds. The van der Waals surface area contributed by atoms with Gasteiger partial charge in [-0.25, -0.2) is 0 Å². The number of hydrogen-bond acceptors (Lipinski definition) is 3. The van der Waals surface area contributed by atoms with E-state index in [1.54, 1.807) is 0 Å². The molecule has 2 bridgehead atoms. The Morgan fingerprint density at radius 2 is 1.95 bits per heavy atom. The van der Waals surface area contributed by atoms with E-state index in [-0.39, 0.29) is 6.04 Å². The standard InChI is InChI=1S/C13H22N2O4S/c16-13(17)12-3-1-2-6-15(12)20(18,19)14-11-8-9-4-5-10(11)7-9/h9-12,14H,1-8H2,(H,16,17). The van der Waals surface area contributed by atoms with Crippen LogP contribution in [0.1, 0.15) is 44.9 Å². The largest absolute Gasteiger partial charge is 0.480 e. The number of hydrogen-bond donors (Lipinski definition) is 2. The molecular formula is C13H22N2O4S. The van der Waals surface area contributed by atoms with Crippen molar-refractivity contribution in [2.24, 2.45) is 11.8 Å². The van der Waals surface area contributed by atoms with Gasteiger partial charge in [-0.05, 0) is 50.4 Å². The monoisotopic (exact) mass is 302 g/mol. The van der Waals surface area contributed by atoms with Crippen LogP contribution in [0.3, 0.4) is 0 Å². The summed E-state index contributed by atoms with van der Waals surface area (Å²) in [7, 11) is -3.68. The van der Waals surface area contributed by atoms with Gasteiger partial charge in [0.15, 0.2) is 0 Å². The van der Waals surface area contributed by atoms with Gasteiger partial charge in [0.05, 0.1) is 0 Å². The van der Waals surface area contributed by atoms with Crippen LogP contribution in [-0.4, -0.2) is 42.4 Å². The molecule has 0 spiro atoms. The van der Waals surface area contributed by atoms with E-state index < -0.39 is 22.2 Å². The first-order valence-electron chi connectivity index (χ1n) is 7.49. The minimum Gasteiger partial charge on any atom is -0.480 e. The lowest BCUT2D eigenvalue weighted by molar-refractivity contribution is -0.142. The maximum Gasteiger partial charge on any atom is 0.322 e. The predicted molar refractivity (Wildman–Crippen MR) is 73.3 cm³/mol. The number of carboxylic acid groups (broad SMARTS) is 1. The fraction of sp³-hybridized carbons (Fsp3) is 0.923. The van der Waals surface area contributed by atoms with Gasteiger partial charge >= 0.3 is 5.97 Å². The number of fused-ring (bicyclic) bond motifs is 2. The fourth-order valence-electron chi connectivity index (χ4n) is 4.09. The van der Waals surface area contributed by atoms with Crippen molar-refractivity contribution in [3.8, 4) is 0 Å². The van der Waals surface area contributed by atoms with Crippen molar-refractivity contribution in [1.29, 1.82) is 0 Å². The van der Waals surface area contributed by atoms with Crippen LogP contribution in [-0.2, 0) is 15.0 Å². The molecule has 4 atom stereocenters. The summed E-state index contributed by atoms with van der Waals surface area (Å²) in [5, 5.41) is 9.20. The highest BCUT2D eigenvalue weighted by molar-refractivity contribution is 7.87. The van der Waals surface area contributed by atoms with E-state index in [0.29, 0.717) is 24.8 Å². The number of carbonyl (C=O) groups is 1. The second kappa shape index (κ2) is 5.27. The van der Waals surface area contributed by atoms with E-state index in [0.717, 1.165) is 36.4 Å². The summed E-state index contributed by atoms with van der Waals surface area (Å²) in [6.07, 6.45) is 6.26. The van der Waals surface area contributed by atoms with Gasteiger partial charge in [-0.15, -0.1) is 0 Å². The predicted octanol–water partition coefficient (Wildman–Crippen LogP) is 0.948. The third kappa shape index (κ3) is 2.58. The molecule has 7 heteroatoms. The molecule has 1 aliphatic heterocycles. The lowest BCUT2D eigenvalue weighted by Crippen LogP contribution is -2.54. The molecule has 6 nitrogen and oxygen atoms in total. The van der Waals surface area contributed by atoms with Crippen LogP contribution in [0.5, 0.6) is 0 Å². The Morgan fingerprint density at radius 1 is 1.15 bits per heavy atom. The molecule has 0 aromatic carbocycles. The Bertz CT molecular complexity index is 493. The maximum absolute atomic E-state index is 12.5. The van der Waals surface area contributed by atoms with E-state index in [9.17, 15) is 18.3 Å². The summed E-state index contributed by atoms with van der Waals surface area (Å²) in [5.41, 5.74) is 0. The maximum atomic E-state index is 12.5. The molecule has 20 heavy (non-hydrogen) atoms. The molecule has 2 saturated carbocycles. The van der Waals surface area contributed by atoms with Crippen LogP contribution in [0.25, 0.3) is 0 Å². The van der Waals surface area contributed by atoms with Crippen LogP contribution >= 0.6 is 0 Å². The van der Waals surface area contributed by atoms with E-state index in [1.807, 2.05) is 0 Å². The van der Waals surface area contributed by atoms with Crippen molar-refractivity contribution in [3.05, 3.63) is 0 Å². The Balaban J connectivity index is 1.71. The molecule has 1 heterocycles. The minimum atomic E-state index is -3.68. The smallest absolute Gasteiger partial charge is 0.322 e. The van der Waals surface area contributed by atoms with Crippen LogP contribution in [0.2, 0.25) is 0 Å². The third-order valence-corrected chi connectivity index (χ3v) is 6.74. The van der Waals surface area contributed by atoms with Crippen LogP contribution in [0.15, 0.2) is 0 Å². The average Bonchev–Trinajstić information content (AvgIpc) is 3.00. The van der Waals surface area contributed by atoms with Gasteiger partial charge in [-0.1, -0.05) is 6.42 Å². The van der Waals surface area contributed by atoms with Crippen LogP contribution in [0.4, 0.5) is 0 Å². The van der Waals surface area contributed by atoms with Crippen molar-refractivity contribution >= 4 is 16.2 Å². The number of rotatable bonds is 4. The van der Waals surface area contributed by atoms with Gasteiger partial charge in [0, 0.05) is 12.6 Å². The van der Waals surface area contributed by atoms with Crippen molar-refractivity contribution in [1.82, 2.24) is 9.03 Å². The molecule has 0 aromatic heterocycles. The number of nitrogens with zero attached hydrogens (tertiary/aromatic N) is 1. The summed E-state index contributed by atoms with van der Waals surface area (Å²) in [4.78, 5) is 11.2. The Hall–Kier alpha value is -0.660. The number of piperidine rings is 1. The zero-order valence-electron chi connectivity index (χ0n) is 11.5. The second-order valence-corrected chi connectivity index (χ2v) is 8.02. The minimum absolute atomic E-state index is 0.00937. The lowest BCUT2D eigenvalue weighted by atomic mass is 9.96. The number of aliphatic carboxylic acids is 1. The molecular weight excluding hydrogens is 280 g/mol. The van der Waals surface area contributed by atoms with E-state index in [4.69, 9.17) is 0 Å². The highest BCUT2D eigenvalue weighted by atomic mass is 32.2. The van der Waals surface area contributed by atoms with E-state index in [1.165, 1.54) is 6.42 Å². The first-order valence-corrected chi connectivity index (χ1v) is 8.93. The van der Waals surface area contributed by atoms with Gasteiger partial charge in [0.1, 0.15) is 6.04 Å². The van der Waals surface area contributed by atoms with Crippen LogP contribution in [0, 0.1) is 11.8 Å². The Labute approximate surface area is 119 Å². The highest BCUT2D eigenvalue weighted by Gasteiger charge is 2.44. The zero-order chi connectivity index (χ0) is 14.3. The van der Waals surface area contributed by atoms with Gasteiger partial charge in [0.25, 0.3) is 10.2 Å². The van der Waals surface area contributed by atoms with Crippen LogP contribution < -0.4 is 4.72 Å². The van der Waals surface area contributed by atoms with Gasteiger partial charge in [0.2, 0.25) is 0 Å². The molecule has 1 saturated heterocycles. The quantitative estimate of drug-likeness (QED) is 0.809. The molecule has 2 aliphatic carbocycles. The molecule has 3 fully saturated rings. The van der Waals surface area contributed by atoms with Crippen molar-refractivity contribution < 1.29 is 18.3 Å². The molecule has 3 aliphatic rings. The molecule has 2 N–H and O–H groups in total. The zero-order valence-corrected chi connectivity index (χ0v) is 12.3. The van der Waals surface area contributed by atoms with E-state index in [2.05, 4.69) is 4.72 Å². The molecule has 4 unspecified atom stereocenters. The third-order valence-electron chi connectivity index (χ3n) is 5.09. The summed E-state index contributed by atoms with van der Waals surface area (Å²) >= 11 is 0. The molecule has 0 radical (unpaired) electrons.